The highest BCUT2D eigenvalue weighted by atomic mass is 32.1. The maximum absolute atomic E-state index is 4.74. The monoisotopic (exact) mass is 304 g/mol. The molecule has 0 nitrogen and oxygen atoms in total. The van der Waals surface area contributed by atoms with Gasteiger partial charge in [-0.15, -0.1) is 0 Å². The van der Waals surface area contributed by atoms with Crippen LogP contribution in [0.3, 0.4) is 0 Å². The first kappa shape index (κ1) is 14.7. The standard InChI is InChI=1S/C20H32S/c1-13-4-7-17-16-6-5-14-12-15(21)8-10-20(14,3)18(16)9-11-19(13,17)2/h12-13,15-18,21H,4-11H2,1-3H3/t13-,15-,16?,17?,18?,19+,20-/m0/s1. The summed E-state index contributed by atoms with van der Waals surface area (Å²) in [6, 6.07) is 0. The van der Waals surface area contributed by atoms with Crippen LogP contribution in [0.25, 0.3) is 0 Å². The first-order valence-electron chi connectivity index (χ1n) is 9.34. The Morgan fingerprint density at radius 3 is 2.62 bits per heavy atom. The molecule has 0 spiro atoms. The Kier molecular flexibility index (Phi) is 3.35. The van der Waals surface area contributed by atoms with Gasteiger partial charge in [-0.25, -0.2) is 0 Å². The predicted molar refractivity (Wildman–Crippen MR) is 93.6 cm³/mol. The van der Waals surface area contributed by atoms with Crippen molar-refractivity contribution in [1.29, 1.82) is 0 Å². The van der Waals surface area contributed by atoms with Crippen LogP contribution >= 0.6 is 12.6 Å². The molecule has 21 heavy (non-hydrogen) atoms. The molecule has 7 atom stereocenters. The van der Waals surface area contributed by atoms with Crippen LogP contribution in [-0.2, 0) is 0 Å². The van der Waals surface area contributed by atoms with Gasteiger partial charge in [0.25, 0.3) is 0 Å². The van der Waals surface area contributed by atoms with Gasteiger partial charge in [-0.1, -0.05) is 32.4 Å². The van der Waals surface area contributed by atoms with Gasteiger partial charge < -0.3 is 0 Å². The summed E-state index contributed by atoms with van der Waals surface area (Å²) < 4.78 is 0. The molecule has 3 fully saturated rings. The summed E-state index contributed by atoms with van der Waals surface area (Å²) in [7, 11) is 0. The van der Waals surface area contributed by atoms with E-state index in [1.165, 1.54) is 51.4 Å². The van der Waals surface area contributed by atoms with Crippen molar-refractivity contribution < 1.29 is 0 Å². The molecule has 1 heteroatoms. The van der Waals surface area contributed by atoms with Crippen LogP contribution in [0.4, 0.5) is 0 Å². The lowest BCUT2D eigenvalue weighted by Gasteiger charge is -2.58. The summed E-state index contributed by atoms with van der Waals surface area (Å²) in [5, 5.41) is 0.532. The zero-order valence-electron chi connectivity index (χ0n) is 14.1. The van der Waals surface area contributed by atoms with Gasteiger partial charge >= 0.3 is 0 Å². The van der Waals surface area contributed by atoms with Gasteiger partial charge in [0.1, 0.15) is 0 Å². The molecular formula is C20H32S. The Hall–Kier alpha value is 0.0900. The van der Waals surface area contributed by atoms with Crippen molar-refractivity contribution in [2.24, 2.45) is 34.5 Å². The van der Waals surface area contributed by atoms with Gasteiger partial charge in [-0.05, 0) is 85.9 Å². The molecule has 0 radical (unpaired) electrons. The van der Waals surface area contributed by atoms with Crippen molar-refractivity contribution in [3.8, 4) is 0 Å². The number of allylic oxidation sites excluding steroid dienone is 1. The third-order valence-electron chi connectivity index (χ3n) is 8.56. The highest BCUT2D eigenvalue weighted by molar-refractivity contribution is 7.81. The highest BCUT2D eigenvalue weighted by Gasteiger charge is 2.57. The molecule has 0 aliphatic heterocycles. The zero-order valence-corrected chi connectivity index (χ0v) is 15.0. The lowest BCUT2D eigenvalue weighted by Crippen LogP contribution is -2.50. The smallest absolute Gasteiger partial charge is 0.0199 e. The molecule has 4 rings (SSSR count). The molecule has 0 heterocycles. The van der Waals surface area contributed by atoms with Gasteiger partial charge in [0.15, 0.2) is 0 Å². The second-order valence-corrected chi connectivity index (χ2v) is 9.82. The topological polar surface area (TPSA) is 0 Å². The van der Waals surface area contributed by atoms with Crippen molar-refractivity contribution in [3.63, 3.8) is 0 Å². The molecule has 4 aliphatic rings. The average molecular weight is 305 g/mol. The van der Waals surface area contributed by atoms with Crippen molar-refractivity contribution in [2.75, 3.05) is 0 Å². The minimum Gasteiger partial charge on any atom is -0.172 e. The highest BCUT2D eigenvalue weighted by Crippen LogP contribution is 2.66. The predicted octanol–water partition coefficient (Wildman–Crippen LogP) is 5.88. The summed E-state index contributed by atoms with van der Waals surface area (Å²) in [6.07, 6.45) is 14.1. The molecule has 118 valence electrons. The number of rotatable bonds is 0. The number of thiol groups is 1. The molecule has 0 bridgehead atoms. The van der Waals surface area contributed by atoms with Crippen LogP contribution in [0.2, 0.25) is 0 Å². The van der Waals surface area contributed by atoms with Gasteiger partial charge in [0.2, 0.25) is 0 Å². The van der Waals surface area contributed by atoms with Crippen LogP contribution < -0.4 is 0 Å². The van der Waals surface area contributed by atoms with Gasteiger partial charge in [0, 0.05) is 5.25 Å². The second-order valence-electron chi connectivity index (χ2n) is 9.15. The zero-order chi connectivity index (χ0) is 14.8. The van der Waals surface area contributed by atoms with E-state index in [4.69, 9.17) is 12.6 Å². The third-order valence-corrected chi connectivity index (χ3v) is 8.97. The largest absolute Gasteiger partial charge is 0.172 e. The summed E-state index contributed by atoms with van der Waals surface area (Å²) in [5.74, 6) is 3.98. The molecule has 0 aromatic rings. The SMILES string of the molecule is C[C@H]1CCC2C3CCC4=C[C@@H](S)CC[C@]4(C)C3CC[C@@]21C. The minimum absolute atomic E-state index is 0.523. The number of fused-ring (bicyclic) bond motifs is 5. The van der Waals surface area contributed by atoms with Gasteiger partial charge in [-0.2, -0.15) is 12.6 Å². The first-order chi connectivity index (χ1) is 9.95. The fraction of sp³-hybridized carbons (Fsp3) is 0.900. The Morgan fingerprint density at radius 2 is 1.81 bits per heavy atom. The number of hydrogen-bond donors (Lipinski definition) is 1. The third kappa shape index (κ3) is 1.95. The average Bonchev–Trinajstić information content (AvgIpc) is 2.76. The Morgan fingerprint density at radius 1 is 1.00 bits per heavy atom. The lowest BCUT2D eigenvalue weighted by molar-refractivity contribution is -0.0484. The van der Waals surface area contributed by atoms with E-state index < -0.39 is 0 Å². The summed E-state index contributed by atoms with van der Waals surface area (Å²) in [6.45, 7) is 7.77. The van der Waals surface area contributed by atoms with Gasteiger partial charge in [0.05, 0.1) is 0 Å². The van der Waals surface area contributed by atoms with Crippen molar-refractivity contribution >= 4 is 12.6 Å². The van der Waals surface area contributed by atoms with Crippen LogP contribution in [0.1, 0.15) is 72.1 Å². The minimum atomic E-state index is 0.523. The van der Waals surface area contributed by atoms with E-state index in [-0.39, 0.29) is 0 Å². The Labute approximate surface area is 136 Å². The van der Waals surface area contributed by atoms with Crippen molar-refractivity contribution in [2.45, 2.75) is 77.4 Å². The molecule has 0 saturated heterocycles. The van der Waals surface area contributed by atoms with Gasteiger partial charge in [-0.3, -0.25) is 0 Å². The summed E-state index contributed by atoms with van der Waals surface area (Å²) >= 11 is 4.74. The van der Waals surface area contributed by atoms with E-state index in [1.807, 2.05) is 0 Å². The van der Waals surface area contributed by atoms with E-state index >= 15 is 0 Å². The van der Waals surface area contributed by atoms with Crippen LogP contribution in [0.15, 0.2) is 11.6 Å². The molecule has 0 aromatic heterocycles. The quantitative estimate of drug-likeness (QED) is 0.419. The summed E-state index contributed by atoms with van der Waals surface area (Å²) in [5.41, 5.74) is 2.97. The first-order valence-corrected chi connectivity index (χ1v) is 9.86. The molecule has 3 saturated carbocycles. The van der Waals surface area contributed by atoms with E-state index in [0.717, 1.165) is 23.7 Å². The molecule has 0 aromatic carbocycles. The molecule has 0 amide bonds. The van der Waals surface area contributed by atoms with Crippen LogP contribution in [-0.4, -0.2) is 5.25 Å². The molecule has 3 unspecified atom stereocenters. The lowest BCUT2D eigenvalue weighted by atomic mass is 9.47. The van der Waals surface area contributed by atoms with E-state index in [0.29, 0.717) is 16.1 Å². The normalized spacial score (nSPS) is 56.2. The molecular weight excluding hydrogens is 272 g/mol. The van der Waals surface area contributed by atoms with Crippen molar-refractivity contribution in [1.82, 2.24) is 0 Å². The maximum Gasteiger partial charge on any atom is 0.0199 e. The van der Waals surface area contributed by atoms with E-state index in [2.05, 4.69) is 26.8 Å². The van der Waals surface area contributed by atoms with E-state index in [9.17, 15) is 0 Å². The second kappa shape index (κ2) is 4.79. The fourth-order valence-electron chi connectivity index (χ4n) is 6.97. The van der Waals surface area contributed by atoms with Crippen LogP contribution in [0.5, 0.6) is 0 Å². The molecule has 0 N–H and O–H groups in total. The number of hydrogen-bond acceptors (Lipinski definition) is 1. The van der Waals surface area contributed by atoms with E-state index in [1.54, 1.807) is 5.57 Å². The maximum atomic E-state index is 4.74. The van der Waals surface area contributed by atoms with Crippen molar-refractivity contribution in [3.05, 3.63) is 11.6 Å². The van der Waals surface area contributed by atoms with Crippen LogP contribution in [0, 0.1) is 34.5 Å². The fourth-order valence-corrected chi connectivity index (χ4v) is 7.28. The Balaban J connectivity index is 1.67. The molecule has 4 aliphatic carbocycles. The summed E-state index contributed by atoms with van der Waals surface area (Å²) in [4.78, 5) is 0. The Bertz CT molecular complexity index is 466.